The number of rotatable bonds is 6. The van der Waals surface area contributed by atoms with Crippen LogP contribution in [0.5, 0.6) is 0 Å². The number of hydrogen-bond acceptors (Lipinski definition) is 6. The number of hydrogen-bond donors (Lipinski definition) is 3. The minimum atomic E-state index is -1.11. The molecule has 106 valence electrons. The van der Waals surface area contributed by atoms with Gasteiger partial charge in [-0.25, -0.2) is 4.79 Å². The molecule has 1 aliphatic rings. The first-order valence-corrected chi connectivity index (χ1v) is 5.85. The zero-order chi connectivity index (χ0) is 13.7. The summed E-state index contributed by atoms with van der Waals surface area (Å²) in [5.74, 6) is -1.39. The van der Waals surface area contributed by atoms with Crippen molar-refractivity contribution in [3.63, 3.8) is 0 Å². The van der Waals surface area contributed by atoms with E-state index < -0.39 is 37.2 Å². The van der Waals surface area contributed by atoms with E-state index in [1.165, 1.54) is 7.11 Å². The maximum Gasteiger partial charge on any atom is 0.329 e. The predicted octanol–water partition coefficient (Wildman–Crippen LogP) is -0.793. The quantitative estimate of drug-likeness (QED) is 0.577. The number of aliphatic hydroxyl groups is 2. The van der Waals surface area contributed by atoms with E-state index in [1.54, 1.807) is 0 Å². The first kappa shape index (κ1) is 15.3. The van der Waals surface area contributed by atoms with Crippen molar-refractivity contribution in [1.82, 2.24) is 0 Å². The van der Waals surface area contributed by atoms with Gasteiger partial charge in [-0.1, -0.05) is 6.92 Å². The highest BCUT2D eigenvalue weighted by Gasteiger charge is 2.45. The molecule has 0 aromatic heterocycles. The summed E-state index contributed by atoms with van der Waals surface area (Å²) in [6, 6.07) is 0. The standard InChI is InChI=1S/C11H20O7/c1-3-6-7(4-12)18-11(16-2)9(15)10(6)17-5-8(13)14/h6-7,9-12,15H,3-5H2,1-2H3,(H,13,14)/t6-,7?,9?,10+,11-/m1/s1. The third-order valence-electron chi connectivity index (χ3n) is 3.11. The SMILES string of the molecule is CC[C@@H]1C(CO)O[C@@H](OC)C(O)[C@H]1OCC(=O)O. The fourth-order valence-corrected chi connectivity index (χ4v) is 2.23. The maximum absolute atomic E-state index is 10.5. The van der Waals surface area contributed by atoms with Gasteiger partial charge in [-0.05, 0) is 6.42 Å². The Hall–Kier alpha value is -0.730. The van der Waals surface area contributed by atoms with Gasteiger partial charge >= 0.3 is 5.97 Å². The molecule has 1 aliphatic heterocycles. The van der Waals surface area contributed by atoms with Crippen molar-refractivity contribution in [2.24, 2.45) is 5.92 Å². The topological polar surface area (TPSA) is 105 Å². The minimum Gasteiger partial charge on any atom is -0.480 e. The lowest BCUT2D eigenvalue weighted by molar-refractivity contribution is -0.290. The van der Waals surface area contributed by atoms with Gasteiger partial charge in [0.05, 0.1) is 18.8 Å². The van der Waals surface area contributed by atoms with Gasteiger partial charge < -0.3 is 29.5 Å². The van der Waals surface area contributed by atoms with Gasteiger partial charge in [0.2, 0.25) is 0 Å². The van der Waals surface area contributed by atoms with Crippen LogP contribution in [-0.4, -0.2) is 66.2 Å². The van der Waals surface area contributed by atoms with Crippen LogP contribution in [0, 0.1) is 5.92 Å². The highest BCUT2D eigenvalue weighted by Crippen LogP contribution is 2.30. The number of ether oxygens (including phenoxy) is 3. The molecule has 18 heavy (non-hydrogen) atoms. The summed E-state index contributed by atoms with van der Waals surface area (Å²) < 4.78 is 15.5. The Morgan fingerprint density at radius 2 is 2.11 bits per heavy atom. The average Bonchev–Trinajstić information content (AvgIpc) is 2.36. The van der Waals surface area contributed by atoms with Crippen molar-refractivity contribution in [1.29, 1.82) is 0 Å². The van der Waals surface area contributed by atoms with Gasteiger partial charge in [0, 0.05) is 13.0 Å². The lowest BCUT2D eigenvalue weighted by Gasteiger charge is -2.43. The van der Waals surface area contributed by atoms with Crippen LogP contribution in [-0.2, 0) is 19.0 Å². The lowest BCUT2D eigenvalue weighted by Crippen LogP contribution is -2.57. The molecule has 3 N–H and O–H groups in total. The summed E-state index contributed by atoms with van der Waals surface area (Å²) >= 11 is 0. The summed E-state index contributed by atoms with van der Waals surface area (Å²) in [5, 5.41) is 27.9. The monoisotopic (exact) mass is 264 g/mol. The Morgan fingerprint density at radius 3 is 2.56 bits per heavy atom. The molecule has 7 nitrogen and oxygen atoms in total. The van der Waals surface area contributed by atoms with E-state index in [2.05, 4.69) is 0 Å². The molecule has 1 saturated heterocycles. The molecule has 1 heterocycles. The number of carboxylic acid groups (broad SMARTS) is 1. The van der Waals surface area contributed by atoms with Crippen molar-refractivity contribution in [3.8, 4) is 0 Å². The predicted molar refractivity (Wildman–Crippen MR) is 59.9 cm³/mol. The molecule has 1 rings (SSSR count). The van der Waals surface area contributed by atoms with Crippen LogP contribution in [0.3, 0.4) is 0 Å². The Bertz CT molecular complexity index is 270. The molecule has 0 aromatic carbocycles. The molecule has 0 aliphatic carbocycles. The van der Waals surface area contributed by atoms with Crippen LogP contribution >= 0.6 is 0 Å². The molecular formula is C11H20O7. The molecular weight excluding hydrogens is 244 g/mol. The van der Waals surface area contributed by atoms with Crippen molar-refractivity contribution >= 4 is 5.97 Å². The summed E-state index contributed by atoms with van der Waals surface area (Å²) in [4.78, 5) is 10.5. The summed E-state index contributed by atoms with van der Waals surface area (Å²) in [5.41, 5.74) is 0. The maximum atomic E-state index is 10.5. The second-order valence-electron chi connectivity index (χ2n) is 4.19. The Kier molecular flexibility index (Phi) is 5.97. The van der Waals surface area contributed by atoms with Gasteiger partial charge in [-0.3, -0.25) is 0 Å². The molecule has 0 saturated carbocycles. The van der Waals surface area contributed by atoms with Crippen LogP contribution in [0.2, 0.25) is 0 Å². The van der Waals surface area contributed by atoms with Crippen molar-refractivity contribution in [2.75, 3.05) is 20.3 Å². The van der Waals surface area contributed by atoms with E-state index in [0.717, 1.165) is 0 Å². The third kappa shape index (κ3) is 3.39. The third-order valence-corrected chi connectivity index (χ3v) is 3.11. The minimum absolute atomic E-state index is 0.238. The Balaban J connectivity index is 2.79. The first-order chi connectivity index (χ1) is 8.54. The number of aliphatic hydroxyl groups excluding tert-OH is 2. The average molecular weight is 264 g/mol. The Morgan fingerprint density at radius 1 is 1.44 bits per heavy atom. The lowest BCUT2D eigenvalue weighted by atomic mass is 9.87. The van der Waals surface area contributed by atoms with Crippen molar-refractivity contribution in [2.45, 2.75) is 37.9 Å². The highest BCUT2D eigenvalue weighted by atomic mass is 16.7. The fraction of sp³-hybridized carbons (Fsp3) is 0.909. The van der Waals surface area contributed by atoms with E-state index >= 15 is 0 Å². The van der Waals surface area contributed by atoms with E-state index in [0.29, 0.717) is 6.42 Å². The molecule has 0 radical (unpaired) electrons. The smallest absolute Gasteiger partial charge is 0.329 e. The van der Waals surface area contributed by atoms with Gasteiger partial charge in [0.1, 0.15) is 12.7 Å². The van der Waals surface area contributed by atoms with Crippen molar-refractivity contribution in [3.05, 3.63) is 0 Å². The largest absolute Gasteiger partial charge is 0.480 e. The first-order valence-electron chi connectivity index (χ1n) is 5.85. The summed E-state index contributed by atoms with van der Waals surface area (Å²) in [6.07, 6.45) is -2.70. The molecule has 0 bridgehead atoms. The van der Waals surface area contributed by atoms with E-state index in [9.17, 15) is 15.0 Å². The fourth-order valence-electron chi connectivity index (χ4n) is 2.23. The summed E-state index contributed by atoms with van der Waals surface area (Å²) in [6.45, 7) is 1.11. The molecule has 2 unspecified atom stereocenters. The highest BCUT2D eigenvalue weighted by molar-refractivity contribution is 5.68. The second-order valence-corrected chi connectivity index (χ2v) is 4.19. The zero-order valence-corrected chi connectivity index (χ0v) is 10.5. The van der Waals surface area contributed by atoms with Gasteiger partial charge in [-0.2, -0.15) is 0 Å². The molecule has 0 spiro atoms. The number of carboxylic acids is 1. The van der Waals surface area contributed by atoms with Gasteiger partial charge in [0.15, 0.2) is 6.29 Å². The second kappa shape index (κ2) is 7.01. The van der Waals surface area contributed by atoms with Crippen LogP contribution in [0.1, 0.15) is 13.3 Å². The number of aliphatic carboxylic acids is 1. The van der Waals surface area contributed by atoms with E-state index in [1.807, 2.05) is 6.92 Å². The van der Waals surface area contributed by atoms with Crippen molar-refractivity contribution < 1.29 is 34.3 Å². The molecule has 7 heteroatoms. The van der Waals surface area contributed by atoms with E-state index in [-0.39, 0.29) is 12.5 Å². The van der Waals surface area contributed by atoms with E-state index in [4.69, 9.17) is 19.3 Å². The van der Waals surface area contributed by atoms with Gasteiger partial charge in [-0.15, -0.1) is 0 Å². The van der Waals surface area contributed by atoms with Crippen LogP contribution < -0.4 is 0 Å². The summed E-state index contributed by atoms with van der Waals surface area (Å²) in [7, 11) is 1.36. The number of carbonyl (C=O) groups is 1. The number of methoxy groups -OCH3 is 1. The van der Waals surface area contributed by atoms with Crippen LogP contribution in [0.15, 0.2) is 0 Å². The van der Waals surface area contributed by atoms with Gasteiger partial charge in [0.25, 0.3) is 0 Å². The van der Waals surface area contributed by atoms with Crippen LogP contribution in [0.25, 0.3) is 0 Å². The van der Waals surface area contributed by atoms with Crippen LogP contribution in [0.4, 0.5) is 0 Å². The Labute approximate surface area is 105 Å². The molecule has 1 fully saturated rings. The molecule has 5 atom stereocenters. The zero-order valence-electron chi connectivity index (χ0n) is 10.5. The molecule has 0 amide bonds. The molecule has 0 aromatic rings. The normalized spacial score (nSPS) is 36.6.